The van der Waals surface area contributed by atoms with Crippen LogP contribution in [-0.2, 0) is 4.79 Å². The predicted octanol–water partition coefficient (Wildman–Crippen LogP) is 4.02. The van der Waals surface area contributed by atoms with Crippen LogP contribution in [0.4, 0.5) is 11.6 Å². The van der Waals surface area contributed by atoms with Gasteiger partial charge in [0.2, 0.25) is 5.91 Å². The molecule has 4 N–H and O–H groups in total. The highest BCUT2D eigenvalue weighted by atomic mass is 16.5. The second-order valence-electron chi connectivity index (χ2n) is 10.4. The third-order valence-electron chi connectivity index (χ3n) is 7.69. The Bertz CT molecular complexity index is 1220. The number of nitrogen functional groups attached to an aromatic ring is 1. The molecule has 0 unspecified atom stereocenters. The molecule has 0 bridgehead atoms. The van der Waals surface area contributed by atoms with Crippen LogP contribution in [-0.4, -0.2) is 76.2 Å². The van der Waals surface area contributed by atoms with E-state index in [2.05, 4.69) is 20.2 Å². The number of para-hydroxylation sites is 1. The van der Waals surface area contributed by atoms with Crippen LogP contribution in [0.3, 0.4) is 0 Å². The summed E-state index contributed by atoms with van der Waals surface area (Å²) in [5.41, 5.74) is 7.84. The minimum atomic E-state index is -0.595. The van der Waals surface area contributed by atoms with Crippen molar-refractivity contribution >= 4 is 17.5 Å². The first-order valence-electron chi connectivity index (χ1n) is 13.9. The molecule has 9 nitrogen and oxygen atoms in total. The van der Waals surface area contributed by atoms with E-state index in [0.717, 1.165) is 43.1 Å². The molecule has 2 atom stereocenters. The number of β-amino-alcohol motifs (C(OH)–C–C–N with tert-alkyl or cyclic N) is 1. The monoisotopic (exact) mass is 530 g/mol. The average Bonchev–Trinajstić information content (AvgIpc) is 2.97. The van der Waals surface area contributed by atoms with E-state index >= 15 is 0 Å². The van der Waals surface area contributed by atoms with Gasteiger partial charge in [-0.15, -0.1) is 0 Å². The lowest BCUT2D eigenvalue weighted by Gasteiger charge is -2.36. The number of benzene rings is 2. The molecule has 0 spiro atoms. The van der Waals surface area contributed by atoms with Gasteiger partial charge in [-0.05, 0) is 62.2 Å². The first kappa shape index (κ1) is 26.9. The molecule has 1 aromatic heterocycles. The van der Waals surface area contributed by atoms with Crippen LogP contribution < -0.4 is 15.8 Å². The number of aliphatic hydroxyl groups excluding tert-OH is 1. The summed E-state index contributed by atoms with van der Waals surface area (Å²) in [6, 6.07) is 17.3. The zero-order valence-corrected chi connectivity index (χ0v) is 22.3. The maximum Gasteiger partial charge on any atom is 0.223 e. The average molecular weight is 531 g/mol. The van der Waals surface area contributed by atoms with Gasteiger partial charge in [-0.2, -0.15) is 0 Å². The number of rotatable bonds is 9. The fourth-order valence-electron chi connectivity index (χ4n) is 5.40. The summed E-state index contributed by atoms with van der Waals surface area (Å²) in [7, 11) is 0. The number of carbonyl (C=O) groups excluding carboxylic acids is 1. The molecule has 2 aliphatic rings. The van der Waals surface area contributed by atoms with Crippen LogP contribution in [0.15, 0.2) is 60.9 Å². The van der Waals surface area contributed by atoms with Gasteiger partial charge in [0.25, 0.3) is 0 Å². The molecule has 0 aliphatic carbocycles. The van der Waals surface area contributed by atoms with E-state index in [4.69, 9.17) is 10.5 Å². The van der Waals surface area contributed by atoms with Crippen molar-refractivity contribution in [1.82, 2.24) is 19.8 Å². The van der Waals surface area contributed by atoms with E-state index in [-0.39, 0.29) is 11.8 Å². The summed E-state index contributed by atoms with van der Waals surface area (Å²) < 4.78 is 5.90. The van der Waals surface area contributed by atoms with Gasteiger partial charge in [0.05, 0.1) is 11.7 Å². The molecule has 2 aliphatic heterocycles. The fraction of sp³-hybridized carbons (Fsp3) is 0.433. The SMILES string of the molecule is Nc1ncnc(NC[C@@H]2CCN(C(=O)CCN3CCCCC3)C[C@H]2O)c1-c1ccc(Oc2ccccc2)cc1. The highest BCUT2D eigenvalue weighted by molar-refractivity contribution is 5.83. The van der Waals surface area contributed by atoms with Gasteiger partial charge in [0, 0.05) is 38.5 Å². The highest BCUT2D eigenvalue weighted by Crippen LogP contribution is 2.33. The lowest BCUT2D eigenvalue weighted by molar-refractivity contribution is -0.135. The number of amides is 1. The zero-order chi connectivity index (χ0) is 27.0. The van der Waals surface area contributed by atoms with Crippen molar-refractivity contribution in [2.45, 2.75) is 38.2 Å². The van der Waals surface area contributed by atoms with Crippen LogP contribution in [0.25, 0.3) is 11.1 Å². The second kappa shape index (κ2) is 12.9. The van der Waals surface area contributed by atoms with Crippen molar-refractivity contribution in [1.29, 1.82) is 0 Å². The van der Waals surface area contributed by atoms with Crippen molar-refractivity contribution < 1.29 is 14.6 Å². The minimum absolute atomic E-state index is 0.00170. The zero-order valence-electron chi connectivity index (χ0n) is 22.3. The Balaban J connectivity index is 1.16. The number of hydrogen-bond donors (Lipinski definition) is 3. The molecule has 206 valence electrons. The minimum Gasteiger partial charge on any atom is -0.457 e. The Morgan fingerprint density at radius 1 is 1.00 bits per heavy atom. The van der Waals surface area contributed by atoms with E-state index in [1.807, 2.05) is 59.5 Å². The number of nitrogens with zero attached hydrogens (tertiary/aromatic N) is 4. The largest absolute Gasteiger partial charge is 0.457 e. The molecule has 2 fully saturated rings. The van der Waals surface area contributed by atoms with Gasteiger partial charge in [-0.1, -0.05) is 36.8 Å². The van der Waals surface area contributed by atoms with Crippen molar-refractivity contribution in [3.8, 4) is 22.6 Å². The maximum atomic E-state index is 12.8. The topological polar surface area (TPSA) is 117 Å². The Labute approximate surface area is 230 Å². The fourth-order valence-corrected chi connectivity index (χ4v) is 5.40. The second-order valence-corrected chi connectivity index (χ2v) is 10.4. The summed E-state index contributed by atoms with van der Waals surface area (Å²) in [4.78, 5) is 25.6. The van der Waals surface area contributed by atoms with E-state index in [1.54, 1.807) is 0 Å². The smallest absolute Gasteiger partial charge is 0.223 e. The Hall–Kier alpha value is -3.69. The molecular weight excluding hydrogens is 492 g/mol. The number of ether oxygens (including phenoxy) is 1. The van der Waals surface area contributed by atoms with Crippen LogP contribution in [0.1, 0.15) is 32.1 Å². The van der Waals surface area contributed by atoms with Gasteiger partial charge in [-0.25, -0.2) is 9.97 Å². The normalized spacial score (nSPS) is 20.0. The number of nitrogens with two attached hydrogens (primary N) is 1. The third kappa shape index (κ3) is 7.04. The van der Waals surface area contributed by atoms with Gasteiger partial charge >= 0.3 is 0 Å². The van der Waals surface area contributed by atoms with Crippen LogP contribution in [0.5, 0.6) is 11.5 Å². The van der Waals surface area contributed by atoms with Crippen molar-refractivity contribution in [3.05, 3.63) is 60.9 Å². The Kier molecular flexibility index (Phi) is 8.90. The number of aromatic nitrogens is 2. The molecular formula is C30H38N6O3. The molecule has 3 heterocycles. The van der Waals surface area contributed by atoms with E-state index in [1.165, 1.54) is 25.6 Å². The van der Waals surface area contributed by atoms with Crippen molar-refractivity contribution in [3.63, 3.8) is 0 Å². The molecule has 2 aromatic carbocycles. The van der Waals surface area contributed by atoms with Gasteiger partial charge < -0.3 is 30.7 Å². The summed E-state index contributed by atoms with van der Waals surface area (Å²) >= 11 is 0. The van der Waals surface area contributed by atoms with E-state index < -0.39 is 6.10 Å². The first-order chi connectivity index (χ1) is 19.1. The quantitative estimate of drug-likeness (QED) is 0.380. The predicted molar refractivity (Wildman–Crippen MR) is 152 cm³/mol. The third-order valence-corrected chi connectivity index (χ3v) is 7.69. The summed E-state index contributed by atoms with van der Waals surface area (Å²) in [5.74, 6) is 2.61. The van der Waals surface area contributed by atoms with Crippen LogP contribution in [0.2, 0.25) is 0 Å². The molecule has 0 saturated carbocycles. The number of likely N-dealkylation sites (tertiary alicyclic amines) is 2. The molecule has 0 radical (unpaired) electrons. The van der Waals surface area contributed by atoms with E-state index in [9.17, 15) is 9.90 Å². The lowest BCUT2D eigenvalue weighted by Crippen LogP contribution is -2.49. The number of anilines is 2. The molecule has 39 heavy (non-hydrogen) atoms. The van der Waals surface area contributed by atoms with E-state index in [0.29, 0.717) is 43.3 Å². The van der Waals surface area contributed by atoms with Gasteiger partial charge in [-0.3, -0.25) is 4.79 Å². The van der Waals surface area contributed by atoms with Crippen LogP contribution in [0, 0.1) is 5.92 Å². The summed E-state index contributed by atoms with van der Waals surface area (Å²) in [6.45, 7) is 4.54. The summed E-state index contributed by atoms with van der Waals surface area (Å²) in [5, 5.41) is 14.2. The molecule has 5 rings (SSSR count). The number of hydrogen-bond acceptors (Lipinski definition) is 8. The number of piperidine rings is 2. The Morgan fingerprint density at radius 2 is 1.74 bits per heavy atom. The van der Waals surface area contributed by atoms with Crippen molar-refractivity contribution in [2.75, 3.05) is 50.3 Å². The highest BCUT2D eigenvalue weighted by Gasteiger charge is 2.30. The Morgan fingerprint density at radius 3 is 2.49 bits per heavy atom. The number of nitrogens with one attached hydrogen (secondary N) is 1. The molecule has 9 heteroatoms. The standard InChI is InChI=1S/C30H38N6O3/c31-29-28(22-9-11-25(12-10-22)39-24-7-3-1-4-8-24)30(34-21-33-29)32-19-23-13-18-36(20-26(23)37)27(38)14-17-35-15-5-2-6-16-35/h1,3-4,7-12,21,23,26,37H,2,5-6,13-20H2,(H3,31,32,33,34)/t23-,26+/m0/s1. The number of carbonyl (C=O) groups is 1. The lowest BCUT2D eigenvalue weighted by atomic mass is 9.93. The molecule has 3 aromatic rings. The summed E-state index contributed by atoms with van der Waals surface area (Å²) in [6.07, 6.45) is 5.82. The van der Waals surface area contributed by atoms with Gasteiger partial charge in [0.1, 0.15) is 29.5 Å². The number of aliphatic hydroxyl groups is 1. The van der Waals surface area contributed by atoms with Gasteiger partial charge in [0.15, 0.2) is 0 Å². The molecule has 1 amide bonds. The maximum absolute atomic E-state index is 12.8. The molecule has 2 saturated heterocycles. The van der Waals surface area contributed by atoms with Crippen LogP contribution >= 0.6 is 0 Å². The van der Waals surface area contributed by atoms with Crippen molar-refractivity contribution in [2.24, 2.45) is 5.92 Å². The first-order valence-corrected chi connectivity index (χ1v) is 13.9.